The number of benzene rings is 3. The number of methoxy groups -OCH3 is 1. The number of nitrogens with zero attached hydrogens (tertiary/aromatic N) is 2. The lowest BCUT2D eigenvalue weighted by Gasteiger charge is -2.22. The van der Waals surface area contributed by atoms with Crippen LogP contribution in [0.4, 0.5) is 21.5 Å². The van der Waals surface area contributed by atoms with Crippen molar-refractivity contribution in [2.45, 2.75) is 6.42 Å². The van der Waals surface area contributed by atoms with Crippen molar-refractivity contribution in [2.24, 2.45) is 4.99 Å². The van der Waals surface area contributed by atoms with Crippen LogP contribution in [0.2, 0.25) is 0 Å². The maximum Gasteiger partial charge on any atom is 0.244 e. The Morgan fingerprint density at radius 3 is 2.48 bits per heavy atom. The zero-order chi connectivity index (χ0) is 21.8. The molecule has 0 aliphatic carbocycles. The summed E-state index contributed by atoms with van der Waals surface area (Å²) in [5, 5.41) is 2.69. The molecule has 156 valence electrons. The first kappa shape index (κ1) is 20.3. The molecule has 0 saturated heterocycles. The highest BCUT2D eigenvalue weighted by Gasteiger charge is 2.26. The lowest BCUT2D eigenvalue weighted by Crippen LogP contribution is -2.38. The molecule has 0 unspecified atom stereocenters. The molecule has 1 aliphatic heterocycles. The van der Waals surface area contributed by atoms with Gasteiger partial charge in [-0.3, -0.25) is 14.6 Å². The average molecular weight is 417 g/mol. The summed E-state index contributed by atoms with van der Waals surface area (Å²) in [7, 11) is 1.59. The second-order valence-corrected chi connectivity index (χ2v) is 6.99. The molecule has 0 saturated carbocycles. The summed E-state index contributed by atoms with van der Waals surface area (Å²) in [6, 6.07) is 20.0. The number of aliphatic imine (C=N–C) groups is 1. The molecule has 0 bridgehead atoms. The largest absolute Gasteiger partial charge is 0.497 e. The molecule has 0 spiro atoms. The molecule has 1 heterocycles. The van der Waals surface area contributed by atoms with Crippen molar-refractivity contribution < 1.29 is 18.7 Å². The van der Waals surface area contributed by atoms with Crippen molar-refractivity contribution in [3.8, 4) is 5.75 Å². The monoisotopic (exact) mass is 417 g/mol. The van der Waals surface area contributed by atoms with Crippen LogP contribution < -0.4 is 15.0 Å². The van der Waals surface area contributed by atoms with Crippen molar-refractivity contribution in [2.75, 3.05) is 23.9 Å². The number of para-hydroxylation sites is 2. The fraction of sp³-hybridized carbons (Fsp3) is 0.125. The van der Waals surface area contributed by atoms with Gasteiger partial charge in [-0.2, -0.15) is 0 Å². The van der Waals surface area contributed by atoms with E-state index < -0.39 is 5.82 Å². The van der Waals surface area contributed by atoms with E-state index in [0.717, 1.165) is 5.56 Å². The summed E-state index contributed by atoms with van der Waals surface area (Å²) in [6.07, 6.45) is 0.0465. The van der Waals surface area contributed by atoms with E-state index in [1.54, 1.807) is 19.2 Å². The normalized spacial score (nSPS) is 13.2. The van der Waals surface area contributed by atoms with Gasteiger partial charge in [0, 0.05) is 5.69 Å². The van der Waals surface area contributed by atoms with Crippen LogP contribution in [0.25, 0.3) is 0 Å². The van der Waals surface area contributed by atoms with Crippen LogP contribution in [0.3, 0.4) is 0 Å². The number of anilines is 2. The van der Waals surface area contributed by atoms with Crippen molar-refractivity contribution in [1.29, 1.82) is 0 Å². The van der Waals surface area contributed by atoms with Crippen LogP contribution in [-0.2, 0) is 9.59 Å². The summed E-state index contributed by atoms with van der Waals surface area (Å²) in [6.45, 7) is -0.182. The van der Waals surface area contributed by atoms with E-state index in [0.29, 0.717) is 28.5 Å². The lowest BCUT2D eigenvalue weighted by atomic mass is 10.1. The molecule has 0 radical (unpaired) electrons. The number of hydrogen-bond acceptors (Lipinski definition) is 4. The SMILES string of the molecule is COc1ccc(C2=Nc3ccccc3N(CC(=O)Nc3ccc(F)cc3)C(=O)C2)cc1. The van der Waals surface area contributed by atoms with E-state index in [4.69, 9.17) is 9.73 Å². The number of carbonyl (C=O) groups excluding carboxylic acids is 2. The third-order valence-corrected chi connectivity index (χ3v) is 4.90. The molecule has 6 nitrogen and oxygen atoms in total. The first-order valence-electron chi connectivity index (χ1n) is 9.70. The van der Waals surface area contributed by atoms with Crippen molar-refractivity contribution in [3.63, 3.8) is 0 Å². The summed E-state index contributed by atoms with van der Waals surface area (Å²) < 4.78 is 18.3. The van der Waals surface area contributed by atoms with Gasteiger partial charge in [0.2, 0.25) is 11.8 Å². The molecular weight excluding hydrogens is 397 g/mol. The number of rotatable bonds is 5. The van der Waals surface area contributed by atoms with Gasteiger partial charge in [0.05, 0.1) is 30.6 Å². The van der Waals surface area contributed by atoms with Crippen LogP contribution in [0.15, 0.2) is 77.8 Å². The zero-order valence-electron chi connectivity index (χ0n) is 16.8. The molecule has 1 N–H and O–H groups in total. The van der Waals surface area contributed by atoms with E-state index in [1.807, 2.05) is 36.4 Å². The molecular formula is C24H20FN3O3. The van der Waals surface area contributed by atoms with Crippen LogP contribution in [0.1, 0.15) is 12.0 Å². The fourth-order valence-corrected chi connectivity index (χ4v) is 3.35. The predicted octanol–water partition coefficient (Wildman–Crippen LogP) is 4.33. The third kappa shape index (κ3) is 4.61. The van der Waals surface area contributed by atoms with Crippen LogP contribution in [0.5, 0.6) is 5.75 Å². The minimum atomic E-state index is -0.391. The molecule has 31 heavy (non-hydrogen) atoms. The Kier molecular flexibility index (Phi) is 5.75. The van der Waals surface area contributed by atoms with Crippen molar-refractivity contribution in [1.82, 2.24) is 0 Å². The Morgan fingerprint density at radius 2 is 1.77 bits per heavy atom. The first-order chi connectivity index (χ1) is 15.0. The summed E-state index contributed by atoms with van der Waals surface area (Å²) in [5.41, 5.74) is 3.04. The second kappa shape index (κ2) is 8.79. The Morgan fingerprint density at radius 1 is 1.06 bits per heavy atom. The molecule has 3 aromatic carbocycles. The molecule has 1 aliphatic rings. The number of halogens is 1. The maximum absolute atomic E-state index is 13.1. The fourth-order valence-electron chi connectivity index (χ4n) is 3.35. The minimum Gasteiger partial charge on any atom is -0.497 e. The Bertz CT molecular complexity index is 1140. The van der Waals surface area contributed by atoms with Gasteiger partial charge < -0.3 is 15.0 Å². The number of fused-ring (bicyclic) bond motifs is 1. The molecule has 4 rings (SSSR count). The second-order valence-electron chi connectivity index (χ2n) is 6.99. The number of carbonyl (C=O) groups is 2. The highest BCUT2D eigenvalue weighted by molar-refractivity contribution is 6.19. The predicted molar refractivity (Wildman–Crippen MR) is 118 cm³/mol. The number of hydrogen-bond donors (Lipinski definition) is 1. The number of ether oxygens (including phenoxy) is 1. The van der Waals surface area contributed by atoms with Gasteiger partial charge >= 0.3 is 0 Å². The summed E-state index contributed by atoms with van der Waals surface area (Å²) >= 11 is 0. The Labute approximate surface area is 179 Å². The Balaban J connectivity index is 1.59. The van der Waals surface area contributed by atoms with Crippen molar-refractivity contribution in [3.05, 3.63) is 84.2 Å². The Hall–Kier alpha value is -4.00. The molecule has 2 amide bonds. The average Bonchev–Trinajstić information content (AvgIpc) is 2.92. The van der Waals surface area contributed by atoms with Gasteiger partial charge in [0.25, 0.3) is 0 Å². The molecule has 7 heteroatoms. The van der Waals surface area contributed by atoms with Crippen molar-refractivity contribution >= 4 is 34.6 Å². The van der Waals surface area contributed by atoms with Gasteiger partial charge in [-0.25, -0.2) is 4.39 Å². The lowest BCUT2D eigenvalue weighted by molar-refractivity contribution is -0.120. The third-order valence-electron chi connectivity index (χ3n) is 4.90. The maximum atomic E-state index is 13.1. The van der Waals surface area contributed by atoms with Crippen LogP contribution in [-0.4, -0.2) is 31.2 Å². The van der Waals surface area contributed by atoms with E-state index in [9.17, 15) is 14.0 Å². The molecule has 0 fully saturated rings. The summed E-state index contributed by atoms with van der Waals surface area (Å²) in [5.74, 6) is -0.307. The minimum absolute atomic E-state index is 0.0465. The van der Waals surface area contributed by atoms with Crippen LogP contribution >= 0.6 is 0 Å². The smallest absolute Gasteiger partial charge is 0.244 e. The number of amides is 2. The van der Waals surface area contributed by atoms with Gasteiger partial charge in [0.1, 0.15) is 18.1 Å². The first-order valence-corrected chi connectivity index (χ1v) is 9.70. The van der Waals surface area contributed by atoms with Crippen LogP contribution in [0, 0.1) is 5.82 Å². The topological polar surface area (TPSA) is 71.0 Å². The molecule has 0 aromatic heterocycles. The summed E-state index contributed by atoms with van der Waals surface area (Å²) in [4.78, 5) is 31.8. The van der Waals surface area contributed by atoms with E-state index in [1.165, 1.54) is 29.2 Å². The quantitative estimate of drug-likeness (QED) is 0.672. The van der Waals surface area contributed by atoms with Gasteiger partial charge in [-0.1, -0.05) is 12.1 Å². The van der Waals surface area contributed by atoms with Gasteiger partial charge in [-0.05, 0) is 66.2 Å². The van der Waals surface area contributed by atoms with E-state index in [2.05, 4.69) is 5.32 Å². The highest BCUT2D eigenvalue weighted by Crippen LogP contribution is 2.33. The molecule has 3 aromatic rings. The van der Waals surface area contributed by atoms with Gasteiger partial charge in [-0.15, -0.1) is 0 Å². The van der Waals surface area contributed by atoms with E-state index in [-0.39, 0.29) is 24.8 Å². The zero-order valence-corrected chi connectivity index (χ0v) is 16.8. The highest BCUT2D eigenvalue weighted by atomic mass is 19.1. The molecule has 0 atom stereocenters. The van der Waals surface area contributed by atoms with E-state index >= 15 is 0 Å². The number of nitrogens with one attached hydrogen (secondary N) is 1. The van der Waals surface area contributed by atoms with Gasteiger partial charge in [0.15, 0.2) is 0 Å². The standard InChI is InChI=1S/C24H20FN3O3/c1-31-19-12-6-16(7-13-19)21-14-24(30)28(22-5-3-2-4-20(22)27-21)15-23(29)26-18-10-8-17(25)9-11-18/h2-13H,14-15H2,1H3,(H,26,29).